The molecule has 1 saturated heterocycles. The summed E-state index contributed by atoms with van der Waals surface area (Å²) in [6.45, 7) is 2.29. The molecule has 0 radical (unpaired) electrons. The molecule has 2 unspecified atom stereocenters. The van der Waals surface area contributed by atoms with E-state index >= 15 is 0 Å². The first-order chi connectivity index (χ1) is 6.86. The molecule has 1 aliphatic carbocycles. The van der Waals surface area contributed by atoms with E-state index in [9.17, 15) is 0 Å². The van der Waals surface area contributed by atoms with Crippen LogP contribution in [0.3, 0.4) is 0 Å². The number of hydrogen-bond donors (Lipinski definition) is 1. The summed E-state index contributed by atoms with van der Waals surface area (Å²) in [6, 6.07) is 10.1. The van der Waals surface area contributed by atoms with Crippen molar-refractivity contribution in [2.45, 2.75) is 18.5 Å². The van der Waals surface area contributed by atoms with Crippen LogP contribution in [0.1, 0.15) is 17.2 Å². The molecule has 74 valence electrons. The summed E-state index contributed by atoms with van der Waals surface area (Å²) in [5.41, 5.74) is 3.07. The van der Waals surface area contributed by atoms with Gasteiger partial charge in [-0.3, -0.25) is 4.90 Å². The average molecular weight is 188 g/mol. The lowest BCUT2D eigenvalue weighted by Crippen LogP contribution is -2.49. The Morgan fingerprint density at radius 3 is 3.14 bits per heavy atom. The molecule has 1 N–H and O–H groups in total. The van der Waals surface area contributed by atoms with Gasteiger partial charge in [0.05, 0.1) is 6.04 Å². The van der Waals surface area contributed by atoms with Crippen molar-refractivity contribution in [1.29, 1.82) is 0 Å². The molecule has 14 heavy (non-hydrogen) atoms. The van der Waals surface area contributed by atoms with Gasteiger partial charge in [0.25, 0.3) is 0 Å². The van der Waals surface area contributed by atoms with E-state index in [1.165, 1.54) is 17.5 Å². The summed E-state index contributed by atoms with van der Waals surface area (Å²) in [4.78, 5) is 2.48. The van der Waals surface area contributed by atoms with Crippen molar-refractivity contribution >= 4 is 0 Å². The zero-order valence-corrected chi connectivity index (χ0v) is 8.53. The van der Waals surface area contributed by atoms with Crippen molar-refractivity contribution in [3.63, 3.8) is 0 Å². The number of rotatable bonds is 0. The molecule has 1 aromatic carbocycles. The van der Waals surface area contributed by atoms with Gasteiger partial charge >= 0.3 is 0 Å². The minimum absolute atomic E-state index is 0.611. The van der Waals surface area contributed by atoms with Crippen molar-refractivity contribution in [2.24, 2.45) is 0 Å². The van der Waals surface area contributed by atoms with E-state index in [1.54, 1.807) is 0 Å². The van der Waals surface area contributed by atoms with Gasteiger partial charge in [0.15, 0.2) is 0 Å². The second kappa shape index (κ2) is 3.07. The number of benzene rings is 1. The first-order valence-electron chi connectivity index (χ1n) is 5.38. The third-order valence-electron chi connectivity index (χ3n) is 3.54. The molecule has 2 atom stereocenters. The topological polar surface area (TPSA) is 15.3 Å². The standard InChI is InChI=1S/C12H16N2/c1-14-7-6-13-11-8-9-4-2-3-5-10(9)12(11)14/h2-5,11-13H,6-8H2,1H3. The third-order valence-corrected chi connectivity index (χ3v) is 3.54. The van der Waals surface area contributed by atoms with E-state index in [2.05, 4.69) is 41.5 Å². The van der Waals surface area contributed by atoms with E-state index in [0.717, 1.165) is 13.1 Å². The molecule has 0 spiro atoms. The van der Waals surface area contributed by atoms with Gasteiger partial charge in [0.2, 0.25) is 0 Å². The molecule has 1 aromatic rings. The second-order valence-corrected chi connectivity index (χ2v) is 4.39. The SMILES string of the molecule is CN1CCNC2Cc3ccccc3C21. The quantitative estimate of drug-likeness (QED) is 0.658. The second-order valence-electron chi connectivity index (χ2n) is 4.39. The number of piperazine rings is 1. The zero-order chi connectivity index (χ0) is 9.54. The minimum Gasteiger partial charge on any atom is -0.310 e. The van der Waals surface area contributed by atoms with Crippen LogP contribution in [0.15, 0.2) is 24.3 Å². The van der Waals surface area contributed by atoms with Crippen LogP contribution in [-0.2, 0) is 6.42 Å². The van der Waals surface area contributed by atoms with Crippen LogP contribution in [-0.4, -0.2) is 31.1 Å². The first kappa shape index (κ1) is 8.45. The average Bonchev–Trinajstić information content (AvgIpc) is 2.57. The highest BCUT2D eigenvalue weighted by molar-refractivity contribution is 5.37. The normalized spacial score (nSPS) is 31.2. The van der Waals surface area contributed by atoms with E-state index in [4.69, 9.17) is 0 Å². The largest absolute Gasteiger partial charge is 0.310 e. The number of nitrogens with zero attached hydrogens (tertiary/aromatic N) is 1. The van der Waals surface area contributed by atoms with Crippen molar-refractivity contribution in [1.82, 2.24) is 10.2 Å². The number of nitrogens with one attached hydrogen (secondary N) is 1. The maximum atomic E-state index is 3.62. The van der Waals surface area contributed by atoms with E-state index in [-0.39, 0.29) is 0 Å². The van der Waals surface area contributed by atoms with Crippen molar-refractivity contribution in [3.8, 4) is 0 Å². The first-order valence-corrected chi connectivity index (χ1v) is 5.38. The number of likely N-dealkylation sites (N-methyl/N-ethyl adjacent to an activating group) is 1. The molecule has 2 nitrogen and oxygen atoms in total. The lowest BCUT2D eigenvalue weighted by Gasteiger charge is -2.36. The fourth-order valence-electron chi connectivity index (χ4n) is 2.87. The zero-order valence-electron chi connectivity index (χ0n) is 8.53. The van der Waals surface area contributed by atoms with Crippen LogP contribution in [0.4, 0.5) is 0 Å². The van der Waals surface area contributed by atoms with Gasteiger partial charge in [-0.15, -0.1) is 0 Å². The highest BCUT2D eigenvalue weighted by atomic mass is 15.2. The van der Waals surface area contributed by atoms with E-state index < -0.39 is 0 Å². The molecular formula is C12H16N2. The molecule has 2 heteroatoms. The van der Waals surface area contributed by atoms with Gasteiger partial charge in [0, 0.05) is 19.1 Å². The summed E-state index contributed by atoms with van der Waals surface area (Å²) in [7, 11) is 2.24. The number of fused-ring (bicyclic) bond motifs is 3. The van der Waals surface area contributed by atoms with Crippen LogP contribution < -0.4 is 5.32 Å². The molecule has 0 amide bonds. The van der Waals surface area contributed by atoms with Crippen molar-refractivity contribution in [2.75, 3.05) is 20.1 Å². The van der Waals surface area contributed by atoms with Gasteiger partial charge in [-0.25, -0.2) is 0 Å². The molecule has 3 rings (SSSR count). The Balaban J connectivity index is 2.03. The van der Waals surface area contributed by atoms with Gasteiger partial charge in [-0.1, -0.05) is 24.3 Å². The summed E-state index contributed by atoms with van der Waals surface area (Å²) < 4.78 is 0. The molecule has 1 fully saturated rings. The monoisotopic (exact) mass is 188 g/mol. The fourth-order valence-corrected chi connectivity index (χ4v) is 2.87. The Labute approximate surface area is 84.9 Å². The lowest BCUT2D eigenvalue weighted by molar-refractivity contribution is 0.164. The highest BCUT2D eigenvalue weighted by Gasteiger charge is 2.36. The van der Waals surface area contributed by atoms with Gasteiger partial charge in [-0.05, 0) is 24.6 Å². The van der Waals surface area contributed by atoms with Gasteiger partial charge in [-0.2, -0.15) is 0 Å². The third kappa shape index (κ3) is 1.11. The van der Waals surface area contributed by atoms with Crippen molar-refractivity contribution < 1.29 is 0 Å². The Hall–Kier alpha value is -0.860. The predicted octanol–water partition coefficient (Wildman–Crippen LogP) is 1.19. The van der Waals surface area contributed by atoms with Crippen LogP contribution in [0.5, 0.6) is 0 Å². The Morgan fingerprint density at radius 2 is 2.21 bits per heavy atom. The molecule has 2 aliphatic rings. The van der Waals surface area contributed by atoms with Crippen LogP contribution in [0.25, 0.3) is 0 Å². The smallest absolute Gasteiger partial charge is 0.0504 e. The lowest BCUT2D eigenvalue weighted by atomic mass is 10.0. The highest BCUT2D eigenvalue weighted by Crippen LogP contribution is 2.36. The summed E-state index contributed by atoms with van der Waals surface area (Å²) in [5.74, 6) is 0. The molecule has 1 aliphatic heterocycles. The predicted molar refractivity (Wildman–Crippen MR) is 57.3 cm³/mol. The molecule has 0 saturated carbocycles. The number of hydrogen-bond acceptors (Lipinski definition) is 2. The minimum atomic E-state index is 0.611. The van der Waals surface area contributed by atoms with Gasteiger partial charge in [0.1, 0.15) is 0 Å². The maximum absolute atomic E-state index is 3.62. The fraction of sp³-hybridized carbons (Fsp3) is 0.500. The van der Waals surface area contributed by atoms with Crippen LogP contribution >= 0.6 is 0 Å². The van der Waals surface area contributed by atoms with E-state index in [0.29, 0.717) is 12.1 Å². The summed E-state index contributed by atoms with van der Waals surface area (Å²) >= 11 is 0. The molecular weight excluding hydrogens is 172 g/mol. The van der Waals surface area contributed by atoms with Crippen molar-refractivity contribution in [3.05, 3.63) is 35.4 Å². The molecule has 0 bridgehead atoms. The van der Waals surface area contributed by atoms with Crippen LogP contribution in [0.2, 0.25) is 0 Å². The maximum Gasteiger partial charge on any atom is 0.0504 e. The van der Waals surface area contributed by atoms with Gasteiger partial charge < -0.3 is 5.32 Å². The molecule has 0 aromatic heterocycles. The summed E-state index contributed by atoms with van der Waals surface area (Å²) in [6.07, 6.45) is 1.20. The summed E-state index contributed by atoms with van der Waals surface area (Å²) in [5, 5.41) is 3.62. The Kier molecular flexibility index (Phi) is 1.85. The van der Waals surface area contributed by atoms with Crippen LogP contribution in [0, 0.1) is 0 Å². The molecule has 1 heterocycles. The Bertz CT molecular complexity index is 348. The Morgan fingerprint density at radius 1 is 1.36 bits per heavy atom. The van der Waals surface area contributed by atoms with E-state index in [1.807, 2.05) is 0 Å².